The SMILES string of the molecule is C=C/C=C\C=C/CB(CCC)CCC. The van der Waals surface area contributed by atoms with Gasteiger partial charge in [0.2, 0.25) is 0 Å². The van der Waals surface area contributed by atoms with Gasteiger partial charge >= 0.3 is 0 Å². The van der Waals surface area contributed by atoms with Gasteiger partial charge in [0, 0.05) is 0 Å². The van der Waals surface area contributed by atoms with Crippen LogP contribution in [0, 0.1) is 0 Å². The predicted octanol–water partition coefficient (Wildman–Crippen LogP) is 4.60. The zero-order valence-electron chi connectivity index (χ0n) is 9.71. The first-order valence-corrected chi connectivity index (χ1v) is 5.79. The Bertz CT molecular complexity index is 174. The molecule has 0 rings (SSSR count). The summed E-state index contributed by atoms with van der Waals surface area (Å²) in [4.78, 5) is 0. The Hall–Kier alpha value is -0.715. The van der Waals surface area contributed by atoms with Crippen LogP contribution in [0.5, 0.6) is 0 Å². The van der Waals surface area contributed by atoms with Crippen LogP contribution in [0.1, 0.15) is 26.7 Å². The zero-order chi connectivity index (χ0) is 10.6. The number of rotatable bonds is 8. The molecule has 0 aliphatic carbocycles. The second kappa shape index (κ2) is 10.4. The standard InChI is InChI=1S/C13H23B/c1-4-7-8-9-10-13-14(11-5-2)12-6-3/h4,7-10H,1,5-6,11-13H2,2-3H3/b8-7-,10-9-. The highest BCUT2D eigenvalue weighted by Gasteiger charge is 2.08. The monoisotopic (exact) mass is 190 g/mol. The quantitative estimate of drug-likeness (QED) is 0.387. The van der Waals surface area contributed by atoms with Crippen molar-refractivity contribution in [2.75, 3.05) is 0 Å². The van der Waals surface area contributed by atoms with Gasteiger partial charge in [-0.3, -0.25) is 0 Å². The topological polar surface area (TPSA) is 0 Å². The molecule has 0 fully saturated rings. The Morgan fingerprint density at radius 3 is 2.14 bits per heavy atom. The second-order valence-corrected chi connectivity index (χ2v) is 3.73. The van der Waals surface area contributed by atoms with Gasteiger partial charge < -0.3 is 0 Å². The highest BCUT2D eigenvalue weighted by molar-refractivity contribution is 6.59. The van der Waals surface area contributed by atoms with Crippen LogP contribution < -0.4 is 0 Å². The Labute approximate surface area is 89.9 Å². The Morgan fingerprint density at radius 2 is 1.64 bits per heavy atom. The molecule has 78 valence electrons. The minimum absolute atomic E-state index is 0.887. The van der Waals surface area contributed by atoms with E-state index in [2.05, 4.69) is 32.6 Å². The van der Waals surface area contributed by atoms with Gasteiger partial charge in [0.05, 0.1) is 0 Å². The average molecular weight is 190 g/mol. The summed E-state index contributed by atoms with van der Waals surface area (Å²) >= 11 is 0. The van der Waals surface area contributed by atoms with E-state index in [1.807, 2.05) is 12.2 Å². The zero-order valence-corrected chi connectivity index (χ0v) is 9.71. The van der Waals surface area contributed by atoms with Crippen LogP contribution in [0.3, 0.4) is 0 Å². The third kappa shape index (κ3) is 7.91. The van der Waals surface area contributed by atoms with Gasteiger partial charge in [-0.15, -0.1) is 0 Å². The highest BCUT2D eigenvalue weighted by atomic mass is 13.8. The van der Waals surface area contributed by atoms with Gasteiger partial charge in [0.15, 0.2) is 0 Å². The summed E-state index contributed by atoms with van der Waals surface area (Å²) in [5.74, 6) is 0. The summed E-state index contributed by atoms with van der Waals surface area (Å²) in [5, 5.41) is 0. The molecule has 0 aromatic heterocycles. The molecule has 1 heteroatoms. The van der Waals surface area contributed by atoms with Crippen LogP contribution in [-0.2, 0) is 0 Å². The third-order valence-corrected chi connectivity index (χ3v) is 2.36. The third-order valence-electron chi connectivity index (χ3n) is 2.36. The van der Waals surface area contributed by atoms with Crippen molar-refractivity contribution in [3.8, 4) is 0 Å². The summed E-state index contributed by atoms with van der Waals surface area (Å²) < 4.78 is 0. The van der Waals surface area contributed by atoms with Crippen molar-refractivity contribution in [3.05, 3.63) is 37.0 Å². The van der Waals surface area contributed by atoms with E-state index in [1.165, 1.54) is 31.8 Å². The molecule has 0 radical (unpaired) electrons. The molecular formula is C13H23B. The van der Waals surface area contributed by atoms with Crippen molar-refractivity contribution in [1.29, 1.82) is 0 Å². The fraction of sp³-hybridized carbons (Fsp3) is 0.538. The first kappa shape index (κ1) is 13.3. The van der Waals surface area contributed by atoms with Crippen LogP contribution in [0.2, 0.25) is 19.0 Å². The van der Waals surface area contributed by atoms with Gasteiger partial charge in [-0.1, -0.05) is 82.6 Å². The maximum absolute atomic E-state index is 3.63. The lowest BCUT2D eigenvalue weighted by atomic mass is 9.42. The molecule has 0 heterocycles. The van der Waals surface area contributed by atoms with Gasteiger partial charge in [-0.25, -0.2) is 0 Å². The maximum atomic E-state index is 3.63. The molecule has 0 saturated carbocycles. The molecule has 0 nitrogen and oxygen atoms in total. The Kier molecular flexibility index (Phi) is 9.84. The van der Waals surface area contributed by atoms with Gasteiger partial charge in [0.1, 0.15) is 6.71 Å². The summed E-state index contributed by atoms with van der Waals surface area (Å²) in [6.45, 7) is 9.05. The molecule has 14 heavy (non-hydrogen) atoms. The summed E-state index contributed by atoms with van der Waals surface area (Å²) in [6, 6.07) is 0. The lowest BCUT2D eigenvalue weighted by Crippen LogP contribution is -2.09. The minimum atomic E-state index is 0.887. The van der Waals surface area contributed by atoms with E-state index in [4.69, 9.17) is 0 Å². The van der Waals surface area contributed by atoms with Crippen LogP contribution in [0.15, 0.2) is 37.0 Å². The van der Waals surface area contributed by atoms with E-state index in [0.29, 0.717) is 0 Å². The van der Waals surface area contributed by atoms with Gasteiger partial charge in [0.25, 0.3) is 0 Å². The molecular weight excluding hydrogens is 167 g/mol. The smallest absolute Gasteiger partial charge is 0.0991 e. The van der Waals surface area contributed by atoms with E-state index in [-0.39, 0.29) is 0 Å². The summed E-state index contributed by atoms with van der Waals surface area (Å²) in [6.07, 6.45) is 16.8. The van der Waals surface area contributed by atoms with Crippen LogP contribution in [0.4, 0.5) is 0 Å². The number of allylic oxidation sites excluding steroid dienone is 5. The van der Waals surface area contributed by atoms with E-state index >= 15 is 0 Å². The fourth-order valence-electron chi connectivity index (χ4n) is 1.69. The predicted molar refractivity (Wildman–Crippen MR) is 69.2 cm³/mol. The lowest BCUT2D eigenvalue weighted by Gasteiger charge is -2.07. The van der Waals surface area contributed by atoms with Gasteiger partial charge in [-0.05, 0) is 0 Å². The van der Waals surface area contributed by atoms with Crippen LogP contribution in [-0.4, -0.2) is 6.71 Å². The van der Waals surface area contributed by atoms with Crippen LogP contribution >= 0.6 is 0 Å². The first-order valence-electron chi connectivity index (χ1n) is 5.79. The van der Waals surface area contributed by atoms with E-state index in [0.717, 1.165) is 6.71 Å². The van der Waals surface area contributed by atoms with Crippen molar-refractivity contribution >= 4 is 6.71 Å². The molecule has 0 bridgehead atoms. The van der Waals surface area contributed by atoms with Crippen molar-refractivity contribution in [2.45, 2.75) is 45.6 Å². The van der Waals surface area contributed by atoms with E-state index < -0.39 is 0 Å². The summed E-state index contributed by atoms with van der Waals surface area (Å²) in [5.41, 5.74) is 0. The Balaban J connectivity index is 3.73. The van der Waals surface area contributed by atoms with E-state index in [9.17, 15) is 0 Å². The molecule has 0 atom stereocenters. The molecule has 0 aromatic rings. The Morgan fingerprint density at radius 1 is 1.00 bits per heavy atom. The molecule has 0 amide bonds. The molecule has 0 spiro atoms. The largest absolute Gasteiger partial charge is 0.143 e. The molecule has 0 aromatic carbocycles. The van der Waals surface area contributed by atoms with Crippen molar-refractivity contribution < 1.29 is 0 Å². The number of hydrogen-bond acceptors (Lipinski definition) is 0. The van der Waals surface area contributed by atoms with Crippen molar-refractivity contribution in [2.24, 2.45) is 0 Å². The summed E-state index contributed by atoms with van der Waals surface area (Å²) in [7, 11) is 0. The highest BCUT2D eigenvalue weighted by Crippen LogP contribution is 2.11. The van der Waals surface area contributed by atoms with Crippen LogP contribution in [0.25, 0.3) is 0 Å². The molecule has 0 aliphatic rings. The average Bonchev–Trinajstić information content (AvgIpc) is 2.18. The molecule has 0 aliphatic heterocycles. The fourth-order valence-corrected chi connectivity index (χ4v) is 1.69. The van der Waals surface area contributed by atoms with Crippen molar-refractivity contribution in [3.63, 3.8) is 0 Å². The normalized spacial score (nSPS) is 11.3. The lowest BCUT2D eigenvalue weighted by molar-refractivity contribution is 0.999. The minimum Gasteiger partial charge on any atom is -0.0991 e. The van der Waals surface area contributed by atoms with Crippen molar-refractivity contribution in [1.82, 2.24) is 0 Å². The molecule has 0 unspecified atom stereocenters. The number of hydrogen-bond donors (Lipinski definition) is 0. The van der Waals surface area contributed by atoms with Gasteiger partial charge in [-0.2, -0.15) is 0 Å². The second-order valence-electron chi connectivity index (χ2n) is 3.73. The van der Waals surface area contributed by atoms with E-state index in [1.54, 1.807) is 6.08 Å². The molecule has 0 N–H and O–H groups in total. The first-order chi connectivity index (χ1) is 6.85. The molecule has 0 saturated heterocycles. The maximum Gasteiger partial charge on any atom is 0.143 e.